The van der Waals surface area contributed by atoms with Crippen molar-refractivity contribution in [1.82, 2.24) is 9.97 Å². The van der Waals surface area contributed by atoms with E-state index in [2.05, 4.69) is 15.3 Å². The first-order valence-corrected chi connectivity index (χ1v) is 5.68. The van der Waals surface area contributed by atoms with Crippen molar-refractivity contribution < 1.29 is 4.74 Å². The molecule has 0 saturated carbocycles. The lowest BCUT2D eigenvalue weighted by Crippen LogP contribution is -2.09. The van der Waals surface area contributed by atoms with Crippen LogP contribution in [0.25, 0.3) is 0 Å². The zero-order valence-electron chi connectivity index (χ0n) is 9.99. The fraction of sp³-hybridized carbons (Fsp3) is 0.636. The summed E-state index contributed by atoms with van der Waals surface area (Å²) in [6.45, 7) is 6.12. The van der Waals surface area contributed by atoms with Crippen LogP contribution in [-0.4, -0.2) is 29.7 Å². The molecule has 16 heavy (non-hydrogen) atoms. The van der Waals surface area contributed by atoms with E-state index in [1.807, 2.05) is 13.8 Å². The third-order valence-corrected chi connectivity index (χ3v) is 2.24. The molecule has 0 aromatic carbocycles. The van der Waals surface area contributed by atoms with E-state index in [1.165, 1.54) is 6.33 Å². The molecule has 1 aromatic heterocycles. The molecule has 5 nitrogen and oxygen atoms in total. The van der Waals surface area contributed by atoms with Crippen LogP contribution in [-0.2, 0) is 0 Å². The summed E-state index contributed by atoms with van der Waals surface area (Å²) >= 11 is 0. The van der Waals surface area contributed by atoms with Crippen molar-refractivity contribution in [1.29, 1.82) is 0 Å². The number of aromatic nitrogens is 2. The quantitative estimate of drug-likeness (QED) is 0.684. The summed E-state index contributed by atoms with van der Waals surface area (Å²) in [5.41, 5.74) is 6.38. The number of unbranched alkanes of at least 4 members (excludes halogenated alkanes) is 1. The normalized spacial score (nSPS) is 10.2. The van der Waals surface area contributed by atoms with Crippen LogP contribution in [0.15, 0.2) is 6.33 Å². The first kappa shape index (κ1) is 12.7. The van der Waals surface area contributed by atoms with Crippen molar-refractivity contribution in [2.45, 2.75) is 26.7 Å². The second-order valence-electron chi connectivity index (χ2n) is 3.51. The van der Waals surface area contributed by atoms with Gasteiger partial charge in [0.25, 0.3) is 0 Å². The Morgan fingerprint density at radius 3 is 2.88 bits per heavy atom. The van der Waals surface area contributed by atoms with Crippen molar-refractivity contribution in [3.63, 3.8) is 0 Å². The largest absolute Gasteiger partial charge is 0.478 e. The van der Waals surface area contributed by atoms with E-state index in [0.29, 0.717) is 12.5 Å². The van der Waals surface area contributed by atoms with Gasteiger partial charge in [-0.1, -0.05) is 0 Å². The minimum atomic E-state index is 0.616. The second-order valence-corrected chi connectivity index (χ2v) is 3.51. The summed E-state index contributed by atoms with van der Waals surface area (Å²) in [6.07, 6.45) is 3.59. The van der Waals surface area contributed by atoms with E-state index in [4.69, 9.17) is 10.5 Å². The molecule has 5 heteroatoms. The van der Waals surface area contributed by atoms with Crippen molar-refractivity contribution in [2.24, 2.45) is 5.73 Å². The Morgan fingerprint density at radius 2 is 2.19 bits per heavy atom. The summed E-state index contributed by atoms with van der Waals surface area (Å²) in [6, 6.07) is 0. The minimum Gasteiger partial charge on any atom is -0.478 e. The fourth-order valence-electron chi connectivity index (χ4n) is 1.37. The first-order valence-electron chi connectivity index (χ1n) is 5.68. The number of hydrogen-bond donors (Lipinski definition) is 2. The predicted octanol–water partition coefficient (Wildman–Crippen LogP) is 1.33. The third-order valence-electron chi connectivity index (χ3n) is 2.24. The van der Waals surface area contributed by atoms with Crippen molar-refractivity contribution >= 4 is 5.82 Å². The van der Waals surface area contributed by atoms with Crippen molar-refractivity contribution in [2.75, 3.05) is 25.0 Å². The zero-order valence-corrected chi connectivity index (χ0v) is 9.99. The molecule has 0 spiro atoms. The maximum atomic E-state index is 5.43. The Bertz CT molecular complexity index is 317. The number of ether oxygens (including phenoxy) is 1. The van der Waals surface area contributed by atoms with Gasteiger partial charge in [0.1, 0.15) is 12.1 Å². The number of rotatable bonds is 7. The number of nitrogens with one attached hydrogen (secondary N) is 1. The molecule has 1 heterocycles. The average molecular weight is 224 g/mol. The summed E-state index contributed by atoms with van der Waals surface area (Å²) in [5.74, 6) is 1.49. The average Bonchev–Trinajstić information content (AvgIpc) is 2.29. The maximum absolute atomic E-state index is 5.43. The van der Waals surface area contributed by atoms with Crippen LogP contribution in [0.5, 0.6) is 5.88 Å². The highest BCUT2D eigenvalue weighted by atomic mass is 16.5. The van der Waals surface area contributed by atoms with Gasteiger partial charge in [-0.15, -0.1) is 0 Å². The van der Waals surface area contributed by atoms with Gasteiger partial charge < -0.3 is 15.8 Å². The zero-order chi connectivity index (χ0) is 11.8. The molecule has 90 valence electrons. The lowest BCUT2D eigenvalue weighted by molar-refractivity contribution is 0.324. The molecule has 3 N–H and O–H groups in total. The van der Waals surface area contributed by atoms with Crippen LogP contribution < -0.4 is 15.8 Å². The summed E-state index contributed by atoms with van der Waals surface area (Å²) in [7, 11) is 0. The summed E-state index contributed by atoms with van der Waals surface area (Å²) in [5, 5.41) is 3.26. The van der Waals surface area contributed by atoms with Gasteiger partial charge in [-0.2, -0.15) is 0 Å². The van der Waals surface area contributed by atoms with Crippen LogP contribution in [0, 0.1) is 6.92 Å². The Kier molecular flexibility index (Phi) is 5.56. The first-order chi connectivity index (χ1) is 7.79. The number of nitrogens with two attached hydrogens (primary N) is 1. The standard InChI is InChI=1S/C11H20N4O/c1-3-16-11-9(2)10(14-8-15-11)13-7-5-4-6-12/h8H,3-7,12H2,1-2H3,(H,13,14,15). The van der Waals surface area contributed by atoms with Crippen LogP contribution in [0.3, 0.4) is 0 Å². The van der Waals surface area contributed by atoms with E-state index in [-0.39, 0.29) is 0 Å². The number of anilines is 1. The van der Waals surface area contributed by atoms with Gasteiger partial charge in [0.05, 0.1) is 12.2 Å². The van der Waals surface area contributed by atoms with E-state index < -0.39 is 0 Å². The molecule has 0 saturated heterocycles. The van der Waals surface area contributed by atoms with Crippen LogP contribution in [0.1, 0.15) is 25.3 Å². The second kappa shape index (κ2) is 7.00. The molecule has 0 atom stereocenters. The highest BCUT2D eigenvalue weighted by molar-refractivity contribution is 5.47. The van der Waals surface area contributed by atoms with E-state index >= 15 is 0 Å². The Morgan fingerprint density at radius 1 is 1.38 bits per heavy atom. The Labute approximate surface area is 96.4 Å². The lowest BCUT2D eigenvalue weighted by Gasteiger charge is -2.10. The molecular weight excluding hydrogens is 204 g/mol. The highest BCUT2D eigenvalue weighted by Crippen LogP contribution is 2.19. The van der Waals surface area contributed by atoms with Gasteiger partial charge in [0.15, 0.2) is 0 Å². The van der Waals surface area contributed by atoms with E-state index in [9.17, 15) is 0 Å². The highest BCUT2D eigenvalue weighted by Gasteiger charge is 2.06. The monoisotopic (exact) mass is 224 g/mol. The van der Waals surface area contributed by atoms with Crippen molar-refractivity contribution in [3.8, 4) is 5.88 Å². The van der Waals surface area contributed by atoms with Crippen LogP contribution in [0.4, 0.5) is 5.82 Å². The predicted molar refractivity (Wildman–Crippen MR) is 64.7 cm³/mol. The van der Waals surface area contributed by atoms with E-state index in [1.54, 1.807) is 0 Å². The maximum Gasteiger partial charge on any atom is 0.221 e. The fourth-order valence-corrected chi connectivity index (χ4v) is 1.37. The van der Waals surface area contributed by atoms with Gasteiger partial charge in [-0.3, -0.25) is 0 Å². The molecule has 0 aliphatic rings. The topological polar surface area (TPSA) is 73.1 Å². The Balaban J connectivity index is 2.55. The molecular formula is C11H20N4O. The Hall–Kier alpha value is -1.36. The summed E-state index contributed by atoms with van der Waals surface area (Å²) in [4.78, 5) is 8.27. The van der Waals surface area contributed by atoms with Gasteiger partial charge in [0.2, 0.25) is 5.88 Å². The molecule has 1 rings (SSSR count). The SMILES string of the molecule is CCOc1ncnc(NCCCCN)c1C. The van der Waals surface area contributed by atoms with Crippen molar-refractivity contribution in [3.05, 3.63) is 11.9 Å². The summed E-state index contributed by atoms with van der Waals surface area (Å²) < 4.78 is 5.39. The molecule has 0 fully saturated rings. The number of hydrogen-bond acceptors (Lipinski definition) is 5. The van der Waals surface area contributed by atoms with E-state index in [0.717, 1.165) is 37.3 Å². The van der Waals surface area contributed by atoms with Gasteiger partial charge in [0, 0.05) is 6.54 Å². The van der Waals surface area contributed by atoms with Gasteiger partial charge >= 0.3 is 0 Å². The van der Waals surface area contributed by atoms with Crippen LogP contribution >= 0.6 is 0 Å². The smallest absolute Gasteiger partial charge is 0.221 e. The molecule has 1 aromatic rings. The van der Waals surface area contributed by atoms with Gasteiger partial charge in [-0.05, 0) is 33.2 Å². The molecule has 0 radical (unpaired) electrons. The molecule has 0 unspecified atom stereocenters. The lowest BCUT2D eigenvalue weighted by atomic mass is 10.3. The number of nitrogens with zero attached hydrogens (tertiary/aromatic N) is 2. The molecule has 0 aliphatic heterocycles. The van der Waals surface area contributed by atoms with Crippen LogP contribution in [0.2, 0.25) is 0 Å². The molecule has 0 amide bonds. The van der Waals surface area contributed by atoms with Gasteiger partial charge in [-0.25, -0.2) is 9.97 Å². The third kappa shape index (κ3) is 3.66. The minimum absolute atomic E-state index is 0.616. The molecule has 0 aliphatic carbocycles. The molecule has 0 bridgehead atoms.